The number of nitrogens with one attached hydrogen (secondary N) is 1. The highest BCUT2D eigenvalue weighted by molar-refractivity contribution is 6.39. The van der Waals surface area contributed by atoms with Crippen LogP contribution in [0.4, 0.5) is 14.9 Å². The SMILES string of the molecule is CCOc1cc(/C=C2\C(=O)NC(=O)N(c3ccc(O)cc3)C2=O)ccc1Cc1cccc(F)c1. The number of barbiturate groups is 1. The molecule has 0 unspecified atom stereocenters. The number of phenols is 1. The van der Waals surface area contributed by atoms with E-state index >= 15 is 0 Å². The zero-order chi connectivity index (χ0) is 24.2. The van der Waals surface area contributed by atoms with Crippen LogP contribution in [0.25, 0.3) is 6.08 Å². The number of phenolic OH excluding ortho intramolecular Hbond substituents is 1. The van der Waals surface area contributed by atoms with Crippen LogP contribution in [0.5, 0.6) is 11.5 Å². The van der Waals surface area contributed by atoms with Crippen LogP contribution in [-0.2, 0) is 16.0 Å². The summed E-state index contributed by atoms with van der Waals surface area (Å²) in [5.41, 5.74) is 2.09. The van der Waals surface area contributed by atoms with Gasteiger partial charge in [0.1, 0.15) is 22.9 Å². The first-order chi connectivity index (χ1) is 16.4. The molecule has 0 saturated carbocycles. The monoisotopic (exact) mass is 460 g/mol. The summed E-state index contributed by atoms with van der Waals surface area (Å²) in [4.78, 5) is 38.6. The van der Waals surface area contributed by atoms with E-state index in [1.54, 1.807) is 24.3 Å². The molecule has 1 aliphatic rings. The molecule has 0 radical (unpaired) electrons. The van der Waals surface area contributed by atoms with E-state index in [-0.39, 0.29) is 22.8 Å². The van der Waals surface area contributed by atoms with E-state index < -0.39 is 17.8 Å². The summed E-state index contributed by atoms with van der Waals surface area (Å²) in [6.07, 6.45) is 1.82. The predicted molar refractivity (Wildman–Crippen MR) is 124 cm³/mol. The minimum absolute atomic E-state index is 0.0257. The van der Waals surface area contributed by atoms with Gasteiger partial charge in [-0.3, -0.25) is 14.9 Å². The van der Waals surface area contributed by atoms with Crippen molar-refractivity contribution in [3.05, 3.63) is 94.8 Å². The fraction of sp³-hybridized carbons (Fsp3) is 0.115. The Balaban J connectivity index is 1.66. The van der Waals surface area contributed by atoms with Gasteiger partial charge in [0.05, 0.1) is 12.3 Å². The fourth-order valence-corrected chi connectivity index (χ4v) is 3.62. The lowest BCUT2D eigenvalue weighted by molar-refractivity contribution is -0.122. The van der Waals surface area contributed by atoms with E-state index in [1.165, 1.54) is 42.5 Å². The summed E-state index contributed by atoms with van der Waals surface area (Å²) in [5.74, 6) is -1.42. The van der Waals surface area contributed by atoms with Gasteiger partial charge in [-0.05, 0) is 72.2 Å². The number of halogens is 1. The predicted octanol–water partition coefficient (Wildman–Crippen LogP) is 4.19. The average Bonchev–Trinajstić information content (AvgIpc) is 2.79. The topological polar surface area (TPSA) is 95.9 Å². The second-order valence-corrected chi connectivity index (χ2v) is 7.58. The molecule has 4 amide bonds. The Bertz CT molecular complexity index is 1300. The molecule has 34 heavy (non-hydrogen) atoms. The number of hydrogen-bond acceptors (Lipinski definition) is 5. The van der Waals surface area contributed by atoms with Crippen LogP contribution in [0.2, 0.25) is 0 Å². The number of aromatic hydroxyl groups is 1. The fourth-order valence-electron chi connectivity index (χ4n) is 3.62. The highest BCUT2D eigenvalue weighted by Crippen LogP contribution is 2.27. The summed E-state index contributed by atoms with van der Waals surface area (Å²) in [6.45, 7) is 2.22. The molecule has 8 heteroatoms. The molecular formula is C26H21FN2O5. The van der Waals surface area contributed by atoms with E-state index in [4.69, 9.17) is 4.74 Å². The van der Waals surface area contributed by atoms with Crippen LogP contribution in [0.1, 0.15) is 23.6 Å². The van der Waals surface area contributed by atoms with Crippen molar-refractivity contribution in [1.82, 2.24) is 5.32 Å². The lowest BCUT2D eigenvalue weighted by Crippen LogP contribution is -2.54. The van der Waals surface area contributed by atoms with Crippen LogP contribution in [0.15, 0.2) is 72.3 Å². The van der Waals surface area contributed by atoms with Crippen molar-refractivity contribution in [2.75, 3.05) is 11.5 Å². The molecule has 7 nitrogen and oxygen atoms in total. The van der Waals surface area contributed by atoms with E-state index in [1.807, 2.05) is 13.0 Å². The third-order valence-corrected chi connectivity index (χ3v) is 5.20. The van der Waals surface area contributed by atoms with Gasteiger partial charge in [0.2, 0.25) is 0 Å². The van der Waals surface area contributed by atoms with E-state index in [9.17, 15) is 23.9 Å². The second-order valence-electron chi connectivity index (χ2n) is 7.58. The van der Waals surface area contributed by atoms with Crippen LogP contribution in [0.3, 0.4) is 0 Å². The molecule has 4 rings (SSSR count). The maximum Gasteiger partial charge on any atom is 0.335 e. The zero-order valence-electron chi connectivity index (χ0n) is 18.2. The maximum atomic E-state index is 13.6. The minimum Gasteiger partial charge on any atom is -0.508 e. The molecule has 2 N–H and O–H groups in total. The van der Waals surface area contributed by atoms with Gasteiger partial charge in [-0.25, -0.2) is 14.1 Å². The summed E-state index contributed by atoms with van der Waals surface area (Å²) in [6, 6.07) is 16.1. The smallest absolute Gasteiger partial charge is 0.335 e. The first kappa shape index (κ1) is 22.7. The van der Waals surface area contributed by atoms with Crippen molar-refractivity contribution in [3.8, 4) is 11.5 Å². The highest BCUT2D eigenvalue weighted by Gasteiger charge is 2.36. The molecule has 0 bridgehead atoms. The molecule has 3 aromatic rings. The van der Waals surface area contributed by atoms with Crippen molar-refractivity contribution in [2.24, 2.45) is 0 Å². The van der Waals surface area contributed by atoms with Crippen LogP contribution < -0.4 is 15.0 Å². The van der Waals surface area contributed by atoms with Gasteiger partial charge in [-0.2, -0.15) is 0 Å². The lowest BCUT2D eigenvalue weighted by Gasteiger charge is -2.26. The number of rotatable bonds is 6. The van der Waals surface area contributed by atoms with Crippen molar-refractivity contribution in [2.45, 2.75) is 13.3 Å². The number of ether oxygens (including phenoxy) is 1. The Labute approximate surface area is 195 Å². The van der Waals surface area contributed by atoms with Crippen molar-refractivity contribution in [1.29, 1.82) is 0 Å². The minimum atomic E-state index is -0.877. The number of amides is 4. The Hall–Kier alpha value is -4.46. The molecule has 1 heterocycles. The molecule has 1 saturated heterocycles. The number of carbonyl (C=O) groups is 3. The van der Waals surface area contributed by atoms with E-state index in [0.29, 0.717) is 24.3 Å². The first-order valence-electron chi connectivity index (χ1n) is 10.6. The van der Waals surface area contributed by atoms with Crippen molar-refractivity contribution >= 4 is 29.6 Å². The van der Waals surface area contributed by atoms with Gasteiger partial charge in [-0.1, -0.05) is 24.3 Å². The molecule has 0 aliphatic carbocycles. The van der Waals surface area contributed by atoms with Gasteiger partial charge in [0.25, 0.3) is 11.8 Å². The molecule has 0 aromatic heterocycles. The largest absolute Gasteiger partial charge is 0.508 e. The molecule has 172 valence electrons. The standard InChI is InChI=1S/C26H21FN2O5/c1-2-34-23-15-17(6-7-18(23)12-16-4-3-5-19(27)13-16)14-22-24(31)28-26(33)29(25(22)32)20-8-10-21(30)11-9-20/h3-11,13-15,30H,2,12H2,1H3,(H,28,31,33)/b22-14+. The van der Waals surface area contributed by atoms with E-state index in [0.717, 1.165) is 16.0 Å². The normalized spacial score (nSPS) is 14.9. The number of carbonyl (C=O) groups excluding carboxylic acids is 3. The number of hydrogen-bond donors (Lipinski definition) is 2. The molecule has 1 aliphatic heterocycles. The third kappa shape index (κ3) is 4.80. The van der Waals surface area contributed by atoms with Gasteiger partial charge < -0.3 is 9.84 Å². The third-order valence-electron chi connectivity index (χ3n) is 5.20. The molecule has 0 atom stereocenters. The molecule has 0 spiro atoms. The average molecular weight is 460 g/mol. The summed E-state index contributed by atoms with van der Waals surface area (Å²) in [5, 5.41) is 11.6. The number of benzene rings is 3. The van der Waals surface area contributed by atoms with Crippen LogP contribution >= 0.6 is 0 Å². The Morgan fingerprint density at radius 1 is 1.03 bits per heavy atom. The van der Waals surface area contributed by atoms with E-state index in [2.05, 4.69) is 5.32 Å². The first-order valence-corrected chi connectivity index (χ1v) is 10.6. The maximum absolute atomic E-state index is 13.6. The molecular weight excluding hydrogens is 439 g/mol. The molecule has 1 fully saturated rings. The lowest BCUT2D eigenvalue weighted by atomic mass is 10.0. The summed E-state index contributed by atoms with van der Waals surface area (Å²) in [7, 11) is 0. The number of imide groups is 2. The Morgan fingerprint density at radius 2 is 1.79 bits per heavy atom. The van der Waals surface area contributed by atoms with Gasteiger partial charge >= 0.3 is 6.03 Å². The van der Waals surface area contributed by atoms with Crippen LogP contribution in [-0.4, -0.2) is 29.6 Å². The summed E-state index contributed by atoms with van der Waals surface area (Å²) < 4.78 is 19.3. The number of urea groups is 1. The number of anilines is 1. The van der Waals surface area contributed by atoms with Gasteiger partial charge in [-0.15, -0.1) is 0 Å². The quantitative estimate of drug-likeness (QED) is 0.425. The number of nitrogens with zero attached hydrogens (tertiary/aromatic N) is 1. The zero-order valence-corrected chi connectivity index (χ0v) is 18.2. The Kier molecular flexibility index (Phi) is 6.40. The van der Waals surface area contributed by atoms with Crippen molar-refractivity contribution in [3.63, 3.8) is 0 Å². The van der Waals surface area contributed by atoms with Crippen molar-refractivity contribution < 1.29 is 28.6 Å². The van der Waals surface area contributed by atoms with Crippen LogP contribution in [0, 0.1) is 5.82 Å². The second kappa shape index (κ2) is 9.58. The Morgan fingerprint density at radius 3 is 2.50 bits per heavy atom. The highest BCUT2D eigenvalue weighted by atomic mass is 19.1. The van der Waals surface area contributed by atoms with Gasteiger partial charge in [0, 0.05) is 6.42 Å². The van der Waals surface area contributed by atoms with Gasteiger partial charge in [0.15, 0.2) is 0 Å². The molecule has 3 aromatic carbocycles. The summed E-state index contributed by atoms with van der Waals surface area (Å²) >= 11 is 0.